The number of hydrogen-bond acceptors (Lipinski definition) is 2. The van der Waals surface area contributed by atoms with E-state index < -0.39 is 11.7 Å². The summed E-state index contributed by atoms with van der Waals surface area (Å²) in [4.78, 5) is 4.29. The number of hydrogen-bond donors (Lipinski definition) is 1. The van der Waals surface area contributed by atoms with Gasteiger partial charge < -0.3 is 10.2 Å². The molecule has 0 amide bonds. The van der Waals surface area contributed by atoms with Crippen molar-refractivity contribution in [3.8, 4) is 0 Å². The molecule has 0 unspecified atom stereocenters. The van der Waals surface area contributed by atoms with E-state index in [1.54, 1.807) is 6.07 Å². The molecule has 0 radical (unpaired) electrons. The summed E-state index contributed by atoms with van der Waals surface area (Å²) in [5.41, 5.74) is 1.36. The molecule has 3 nitrogen and oxygen atoms in total. The number of halogens is 3. The van der Waals surface area contributed by atoms with Crippen molar-refractivity contribution in [2.45, 2.75) is 19.1 Å². The number of benzene rings is 2. The highest BCUT2D eigenvalue weighted by Crippen LogP contribution is 2.29. The van der Waals surface area contributed by atoms with Crippen molar-refractivity contribution in [1.82, 2.24) is 15.1 Å². The molecule has 0 aromatic heterocycles. The predicted octanol–water partition coefficient (Wildman–Crippen LogP) is 3.94. The summed E-state index contributed by atoms with van der Waals surface area (Å²) in [6.07, 6.45) is -3.39. The summed E-state index contributed by atoms with van der Waals surface area (Å²) in [6, 6.07) is 15.8. The maximum atomic E-state index is 12.9. The monoisotopic (exact) mass is 407 g/mol. The van der Waals surface area contributed by atoms with Crippen LogP contribution in [0.1, 0.15) is 16.7 Å². The Morgan fingerprint density at radius 1 is 0.929 bits per heavy atom. The maximum absolute atomic E-state index is 12.9. The lowest BCUT2D eigenvalue weighted by molar-refractivity contribution is -0.137. The fraction of sp³-hybridized carbons (Fsp3) is 0.381. The van der Waals surface area contributed by atoms with E-state index in [4.69, 9.17) is 12.2 Å². The summed E-state index contributed by atoms with van der Waals surface area (Å²) in [7, 11) is 0. The van der Waals surface area contributed by atoms with Gasteiger partial charge in [-0.3, -0.25) is 4.90 Å². The Morgan fingerprint density at radius 3 is 2.29 bits per heavy atom. The van der Waals surface area contributed by atoms with Crippen LogP contribution in [-0.2, 0) is 19.1 Å². The van der Waals surface area contributed by atoms with Gasteiger partial charge >= 0.3 is 6.18 Å². The van der Waals surface area contributed by atoms with E-state index in [2.05, 4.69) is 27.2 Å². The zero-order chi connectivity index (χ0) is 20.0. The van der Waals surface area contributed by atoms with Crippen LogP contribution in [0.5, 0.6) is 0 Å². The molecule has 2 aromatic carbocycles. The van der Waals surface area contributed by atoms with Gasteiger partial charge in [-0.05, 0) is 35.8 Å². The van der Waals surface area contributed by atoms with Crippen LogP contribution in [0.15, 0.2) is 54.6 Å². The van der Waals surface area contributed by atoms with Gasteiger partial charge in [-0.25, -0.2) is 0 Å². The smallest absolute Gasteiger partial charge is 0.362 e. The van der Waals surface area contributed by atoms with E-state index in [0.29, 0.717) is 12.1 Å². The fourth-order valence-electron chi connectivity index (χ4n) is 3.28. The molecular formula is C21H24F3N3S. The van der Waals surface area contributed by atoms with Crippen molar-refractivity contribution in [2.24, 2.45) is 0 Å². The normalized spacial score (nSPS) is 15.5. The lowest BCUT2D eigenvalue weighted by atomic mass is 10.1. The molecule has 1 heterocycles. The molecule has 2 aromatic rings. The molecule has 0 atom stereocenters. The molecule has 1 saturated heterocycles. The second-order valence-corrected chi connectivity index (χ2v) is 7.32. The van der Waals surface area contributed by atoms with Crippen LogP contribution >= 0.6 is 12.2 Å². The highest BCUT2D eigenvalue weighted by atomic mass is 32.1. The summed E-state index contributed by atoms with van der Waals surface area (Å²) in [6.45, 7) is 4.40. The molecular weight excluding hydrogens is 383 g/mol. The molecule has 1 fully saturated rings. The maximum Gasteiger partial charge on any atom is 0.416 e. The summed E-state index contributed by atoms with van der Waals surface area (Å²) in [5.74, 6) is 0. The van der Waals surface area contributed by atoms with Crippen molar-refractivity contribution in [2.75, 3.05) is 32.7 Å². The zero-order valence-electron chi connectivity index (χ0n) is 15.6. The second-order valence-electron chi connectivity index (χ2n) is 6.93. The van der Waals surface area contributed by atoms with Gasteiger partial charge in [-0.2, -0.15) is 13.2 Å². The largest absolute Gasteiger partial charge is 0.416 e. The quantitative estimate of drug-likeness (QED) is 0.757. The van der Waals surface area contributed by atoms with Crippen LogP contribution in [0.25, 0.3) is 0 Å². The number of piperazine rings is 1. The Bertz CT molecular complexity index is 772. The van der Waals surface area contributed by atoms with Gasteiger partial charge in [0.25, 0.3) is 0 Å². The van der Waals surface area contributed by atoms with Crippen molar-refractivity contribution in [1.29, 1.82) is 0 Å². The van der Waals surface area contributed by atoms with Crippen molar-refractivity contribution < 1.29 is 13.2 Å². The Hall–Kier alpha value is -2.12. The Morgan fingerprint density at radius 2 is 1.61 bits per heavy atom. The first-order chi connectivity index (χ1) is 13.4. The van der Waals surface area contributed by atoms with Crippen molar-refractivity contribution >= 4 is 17.3 Å². The minimum Gasteiger partial charge on any atom is -0.362 e. The molecule has 1 aliphatic heterocycles. The molecule has 28 heavy (non-hydrogen) atoms. The van der Waals surface area contributed by atoms with Crippen LogP contribution < -0.4 is 5.32 Å². The summed E-state index contributed by atoms with van der Waals surface area (Å²) >= 11 is 5.49. The van der Waals surface area contributed by atoms with Crippen LogP contribution in [0, 0.1) is 0 Å². The standard InChI is InChI=1S/C21H24F3N3S/c22-21(23,24)19-8-4-7-18(15-19)16-26-11-13-27(14-12-26)20(28)25-10-9-17-5-2-1-3-6-17/h1-8,15H,9-14,16H2,(H,25,28). The molecule has 0 bridgehead atoms. The number of rotatable bonds is 5. The van der Waals surface area contributed by atoms with Gasteiger partial charge in [0.2, 0.25) is 0 Å². The predicted molar refractivity (Wildman–Crippen MR) is 109 cm³/mol. The molecule has 1 aliphatic rings. The lowest BCUT2D eigenvalue weighted by Gasteiger charge is -2.36. The summed E-state index contributed by atoms with van der Waals surface area (Å²) in [5, 5.41) is 4.05. The number of nitrogens with zero attached hydrogens (tertiary/aromatic N) is 2. The minimum atomic E-state index is -4.30. The molecule has 7 heteroatoms. The van der Waals surface area contributed by atoms with E-state index in [0.717, 1.165) is 50.3 Å². The number of thiocarbonyl (C=S) groups is 1. The third-order valence-electron chi connectivity index (χ3n) is 4.85. The molecule has 0 aliphatic carbocycles. The fourth-order valence-corrected chi connectivity index (χ4v) is 3.57. The Balaban J connectivity index is 1.42. The zero-order valence-corrected chi connectivity index (χ0v) is 16.4. The van der Waals surface area contributed by atoms with Crippen molar-refractivity contribution in [3.05, 3.63) is 71.3 Å². The minimum absolute atomic E-state index is 0.520. The third kappa shape index (κ3) is 5.94. The van der Waals surface area contributed by atoms with E-state index in [1.807, 2.05) is 18.2 Å². The van der Waals surface area contributed by atoms with Crippen LogP contribution in [0.2, 0.25) is 0 Å². The van der Waals surface area contributed by atoms with E-state index in [1.165, 1.54) is 17.7 Å². The lowest BCUT2D eigenvalue weighted by Crippen LogP contribution is -2.51. The Labute approximate surface area is 169 Å². The van der Waals surface area contributed by atoms with Gasteiger partial charge in [0, 0.05) is 39.3 Å². The van der Waals surface area contributed by atoms with Gasteiger partial charge in [0.05, 0.1) is 5.56 Å². The molecule has 3 rings (SSSR count). The summed E-state index contributed by atoms with van der Waals surface area (Å²) < 4.78 is 38.6. The second kappa shape index (κ2) is 9.39. The Kier molecular flexibility index (Phi) is 6.91. The highest BCUT2D eigenvalue weighted by Gasteiger charge is 2.30. The number of nitrogens with one attached hydrogen (secondary N) is 1. The van der Waals surface area contributed by atoms with Gasteiger partial charge in [0.15, 0.2) is 5.11 Å². The van der Waals surface area contributed by atoms with Gasteiger partial charge in [0.1, 0.15) is 0 Å². The van der Waals surface area contributed by atoms with Crippen LogP contribution in [0.4, 0.5) is 13.2 Å². The van der Waals surface area contributed by atoms with Gasteiger partial charge in [-0.1, -0.05) is 48.5 Å². The van der Waals surface area contributed by atoms with Crippen molar-refractivity contribution in [3.63, 3.8) is 0 Å². The topological polar surface area (TPSA) is 18.5 Å². The average Bonchev–Trinajstić information content (AvgIpc) is 2.69. The van der Waals surface area contributed by atoms with Crippen LogP contribution in [-0.4, -0.2) is 47.6 Å². The van der Waals surface area contributed by atoms with E-state index in [-0.39, 0.29) is 0 Å². The molecule has 0 saturated carbocycles. The van der Waals surface area contributed by atoms with Crippen LogP contribution in [0.3, 0.4) is 0 Å². The average molecular weight is 408 g/mol. The molecule has 1 N–H and O–H groups in total. The molecule has 150 valence electrons. The first-order valence-electron chi connectivity index (χ1n) is 9.37. The number of alkyl halides is 3. The van der Waals surface area contributed by atoms with E-state index >= 15 is 0 Å². The third-order valence-corrected chi connectivity index (χ3v) is 5.26. The molecule has 0 spiro atoms. The van der Waals surface area contributed by atoms with Gasteiger partial charge in [-0.15, -0.1) is 0 Å². The first-order valence-corrected chi connectivity index (χ1v) is 9.78. The first kappa shape index (κ1) is 20.6. The van der Waals surface area contributed by atoms with E-state index in [9.17, 15) is 13.2 Å². The SMILES string of the molecule is FC(F)(F)c1cccc(CN2CCN(C(=S)NCCc3ccccc3)CC2)c1. The highest BCUT2D eigenvalue weighted by molar-refractivity contribution is 7.80.